The van der Waals surface area contributed by atoms with Crippen LogP contribution in [-0.2, 0) is 17.9 Å². The number of carbonyl (C=O) groups is 1. The van der Waals surface area contributed by atoms with Crippen molar-refractivity contribution in [3.05, 3.63) is 67.3 Å². The highest BCUT2D eigenvalue weighted by Crippen LogP contribution is 2.37. The maximum Gasteiger partial charge on any atom is 0.270 e. The average Bonchev–Trinajstić information content (AvgIpc) is 3.14. The molecule has 37 heavy (non-hydrogen) atoms. The highest BCUT2D eigenvalue weighted by Gasteiger charge is 2.33. The van der Waals surface area contributed by atoms with E-state index >= 15 is 0 Å². The number of pyridine rings is 1. The third-order valence-electron chi connectivity index (χ3n) is 7.28. The van der Waals surface area contributed by atoms with Gasteiger partial charge in [-0.2, -0.15) is 5.26 Å². The molecule has 0 aliphatic carbocycles. The predicted octanol–water partition coefficient (Wildman–Crippen LogP) is 5.77. The fraction of sp³-hybridized carbons (Fsp3) is 0.448. The van der Waals surface area contributed by atoms with E-state index in [0.717, 1.165) is 61.3 Å². The van der Waals surface area contributed by atoms with Crippen molar-refractivity contribution in [3.8, 4) is 6.07 Å². The Morgan fingerprint density at radius 3 is 2.46 bits per heavy atom. The predicted molar refractivity (Wildman–Crippen MR) is 156 cm³/mol. The van der Waals surface area contributed by atoms with Crippen LogP contribution in [-0.4, -0.2) is 32.8 Å². The first kappa shape index (κ1) is 27.2. The standard InChI is InChI=1S/C29H34N4O2S2/c1-5-6-13-32-26(31-14-11-20(3)12-15-31)23(21(4)24(17-30)27(32)34)16-25-28(35)33(29(36)37-25)18-22-9-7-19(2)8-10-22/h7-10,16,20H,5-6,11-15,18H2,1-4H3/b25-16-. The van der Waals surface area contributed by atoms with Gasteiger partial charge in [0.1, 0.15) is 21.8 Å². The van der Waals surface area contributed by atoms with Crippen LogP contribution in [0.3, 0.4) is 0 Å². The van der Waals surface area contributed by atoms with Gasteiger partial charge in [0, 0.05) is 25.2 Å². The van der Waals surface area contributed by atoms with E-state index < -0.39 is 0 Å². The van der Waals surface area contributed by atoms with Gasteiger partial charge in [-0.3, -0.25) is 19.1 Å². The first-order valence-electron chi connectivity index (χ1n) is 13.0. The number of rotatable bonds is 7. The number of benzene rings is 1. The van der Waals surface area contributed by atoms with Gasteiger partial charge >= 0.3 is 0 Å². The number of nitrogens with zero attached hydrogens (tertiary/aromatic N) is 4. The zero-order valence-electron chi connectivity index (χ0n) is 22.0. The Balaban J connectivity index is 1.80. The molecule has 4 rings (SSSR count). The minimum atomic E-state index is -0.244. The molecule has 6 nitrogen and oxygen atoms in total. The molecule has 8 heteroatoms. The second-order valence-corrected chi connectivity index (χ2v) is 11.8. The molecule has 2 fully saturated rings. The van der Waals surface area contributed by atoms with E-state index in [1.807, 2.05) is 44.2 Å². The second-order valence-electron chi connectivity index (χ2n) is 10.1. The van der Waals surface area contributed by atoms with Crippen LogP contribution in [0.25, 0.3) is 6.08 Å². The number of aryl methyl sites for hydroxylation is 1. The molecular weight excluding hydrogens is 500 g/mol. The topological polar surface area (TPSA) is 69.3 Å². The number of anilines is 1. The van der Waals surface area contributed by atoms with Crippen LogP contribution in [0.5, 0.6) is 0 Å². The fourth-order valence-corrected chi connectivity index (χ4v) is 6.11. The number of unbranched alkanes of at least 4 members (excludes halogenated alkanes) is 1. The molecule has 2 aliphatic heterocycles. The number of hydrogen-bond donors (Lipinski definition) is 0. The summed E-state index contributed by atoms with van der Waals surface area (Å²) in [7, 11) is 0. The number of thioether (sulfide) groups is 1. The van der Waals surface area contributed by atoms with Crippen molar-refractivity contribution in [2.45, 2.75) is 66.5 Å². The normalized spacial score (nSPS) is 17.6. The zero-order valence-corrected chi connectivity index (χ0v) is 23.7. The number of thiocarbonyl (C=S) groups is 1. The second kappa shape index (κ2) is 11.7. The summed E-state index contributed by atoms with van der Waals surface area (Å²) < 4.78 is 2.28. The summed E-state index contributed by atoms with van der Waals surface area (Å²) in [5, 5.41) is 9.89. The summed E-state index contributed by atoms with van der Waals surface area (Å²) in [5.41, 5.74) is 3.48. The van der Waals surface area contributed by atoms with Gasteiger partial charge in [-0.05, 0) is 56.2 Å². The maximum absolute atomic E-state index is 13.5. The van der Waals surface area contributed by atoms with Crippen molar-refractivity contribution >= 4 is 46.1 Å². The van der Waals surface area contributed by atoms with Crippen LogP contribution < -0.4 is 10.5 Å². The average molecular weight is 535 g/mol. The largest absolute Gasteiger partial charge is 0.357 e. The monoisotopic (exact) mass is 534 g/mol. The van der Waals surface area contributed by atoms with Crippen molar-refractivity contribution in [1.82, 2.24) is 9.47 Å². The van der Waals surface area contributed by atoms with Gasteiger partial charge in [0.25, 0.3) is 11.5 Å². The molecule has 1 aromatic heterocycles. The highest BCUT2D eigenvalue weighted by molar-refractivity contribution is 8.26. The summed E-state index contributed by atoms with van der Waals surface area (Å²) in [6.45, 7) is 10.8. The number of carbonyl (C=O) groups excluding carboxylic acids is 1. The molecule has 0 N–H and O–H groups in total. The molecular formula is C29H34N4O2S2. The number of nitriles is 1. The smallest absolute Gasteiger partial charge is 0.270 e. The van der Waals surface area contributed by atoms with Crippen LogP contribution in [0.15, 0.2) is 34.0 Å². The van der Waals surface area contributed by atoms with E-state index in [0.29, 0.717) is 33.8 Å². The lowest BCUT2D eigenvalue weighted by Gasteiger charge is -2.35. The van der Waals surface area contributed by atoms with Gasteiger partial charge in [0.05, 0.1) is 11.4 Å². The van der Waals surface area contributed by atoms with Gasteiger partial charge in [0.15, 0.2) is 0 Å². The molecule has 0 radical (unpaired) electrons. The SMILES string of the molecule is CCCCn1c(N2CCC(C)CC2)c(/C=C2\SC(=S)N(Cc3ccc(C)cc3)C2=O)c(C)c(C#N)c1=O. The molecule has 0 unspecified atom stereocenters. The molecule has 0 spiro atoms. The fourth-order valence-electron chi connectivity index (χ4n) is 4.87. The Bertz CT molecular complexity index is 1330. The van der Waals surface area contributed by atoms with E-state index in [2.05, 4.69) is 24.8 Å². The third-order valence-corrected chi connectivity index (χ3v) is 8.65. The van der Waals surface area contributed by atoms with Crippen molar-refractivity contribution in [3.63, 3.8) is 0 Å². The van der Waals surface area contributed by atoms with E-state index in [-0.39, 0.29) is 17.0 Å². The van der Waals surface area contributed by atoms with Crippen LogP contribution >= 0.6 is 24.0 Å². The van der Waals surface area contributed by atoms with Crippen LogP contribution in [0.2, 0.25) is 0 Å². The molecule has 194 valence electrons. The Kier molecular flexibility index (Phi) is 8.56. The molecule has 0 bridgehead atoms. The summed E-state index contributed by atoms with van der Waals surface area (Å²) in [6, 6.07) is 10.2. The number of amides is 1. The molecule has 3 heterocycles. The molecule has 2 aromatic rings. The molecule has 0 saturated carbocycles. The van der Waals surface area contributed by atoms with Crippen molar-refractivity contribution < 1.29 is 4.79 Å². The number of piperidine rings is 1. The Labute approximate surface area is 229 Å². The van der Waals surface area contributed by atoms with Gasteiger partial charge < -0.3 is 4.90 Å². The summed E-state index contributed by atoms with van der Waals surface area (Å²) in [4.78, 5) is 31.4. The minimum absolute atomic E-state index is 0.141. The van der Waals surface area contributed by atoms with Crippen molar-refractivity contribution in [1.29, 1.82) is 5.26 Å². The number of aromatic nitrogens is 1. The molecule has 0 atom stereocenters. The number of hydrogen-bond acceptors (Lipinski definition) is 6. The molecule has 2 saturated heterocycles. The van der Waals surface area contributed by atoms with Crippen LogP contribution in [0.1, 0.15) is 67.3 Å². The highest BCUT2D eigenvalue weighted by atomic mass is 32.2. The van der Waals surface area contributed by atoms with Gasteiger partial charge in [-0.15, -0.1) is 0 Å². The van der Waals surface area contributed by atoms with E-state index in [4.69, 9.17) is 12.2 Å². The quantitative estimate of drug-likeness (QED) is 0.332. The van der Waals surface area contributed by atoms with Gasteiger partial charge in [0.2, 0.25) is 0 Å². The minimum Gasteiger partial charge on any atom is -0.357 e. The van der Waals surface area contributed by atoms with Crippen LogP contribution in [0.4, 0.5) is 5.82 Å². The van der Waals surface area contributed by atoms with Crippen molar-refractivity contribution in [2.24, 2.45) is 5.92 Å². The molecule has 1 amide bonds. The first-order chi connectivity index (χ1) is 17.7. The van der Waals surface area contributed by atoms with Gasteiger partial charge in [-0.25, -0.2) is 0 Å². The first-order valence-corrected chi connectivity index (χ1v) is 14.2. The summed E-state index contributed by atoms with van der Waals surface area (Å²) in [6.07, 6.45) is 5.72. The van der Waals surface area contributed by atoms with Gasteiger partial charge in [-0.1, -0.05) is 74.1 Å². The lowest BCUT2D eigenvalue weighted by molar-refractivity contribution is -0.122. The summed E-state index contributed by atoms with van der Waals surface area (Å²) in [5.74, 6) is 1.32. The Hall–Kier alpha value is -2.89. The van der Waals surface area contributed by atoms with E-state index in [9.17, 15) is 14.9 Å². The third kappa shape index (κ3) is 5.68. The zero-order chi connectivity index (χ0) is 26.7. The molecule has 1 aromatic carbocycles. The lowest BCUT2D eigenvalue weighted by Crippen LogP contribution is -2.39. The van der Waals surface area contributed by atoms with Crippen molar-refractivity contribution in [2.75, 3.05) is 18.0 Å². The molecule has 2 aliphatic rings. The summed E-state index contributed by atoms with van der Waals surface area (Å²) >= 11 is 6.89. The lowest BCUT2D eigenvalue weighted by atomic mass is 9.97. The van der Waals surface area contributed by atoms with E-state index in [1.165, 1.54) is 11.8 Å². The Morgan fingerprint density at radius 2 is 1.84 bits per heavy atom. The van der Waals surface area contributed by atoms with Crippen LogP contribution in [0, 0.1) is 31.1 Å². The Morgan fingerprint density at radius 1 is 1.16 bits per heavy atom. The maximum atomic E-state index is 13.5. The van der Waals surface area contributed by atoms with E-state index in [1.54, 1.807) is 9.47 Å².